The van der Waals surface area contributed by atoms with Crippen LogP contribution in [0, 0.1) is 0 Å². The van der Waals surface area contributed by atoms with Crippen molar-refractivity contribution >= 4 is 11.6 Å². The van der Waals surface area contributed by atoms with E-state index < -0.39 is 5.79 Å². The molecule has 1 fully saturated rings. The minimum atomic E-state index is -0.495. The lowest BCUT2D eigenvalue weighted by atomic mass is 10.1. The van der Waals surface area contributed by atoms with Gasteiger partial charge in [0.2, 0.25) is 0 Å². The third-order valence-corrected chi connectivity index (χ3v) is 3.04. The van der Waals surface area contributed by atoms with Crippen molar-refractivity contribution in [3.63, 3.8) is 0 Å². The first-order valence-electron chi connectivity index (χ1n) is 5.16. The van der Waals surface area contributed by atoms with Gasteiger partial charge < -0.3 is 14.8 Å². The average Bonchev–Trinajstić information content (AvgIpc) is 2.56. The minimum Gasteiger partial charge on any atom is -0.447 e. The summed E-state index contributed by atoms with van der Waals surface area (Å²) in [4.78, 5) is 0. The smallest absolute Gasteiger partial charge is 0.263 e. The molecule has 2 aliphatic rings. The van der Waals surface area contributed by atoms with Gasteiger partial charge in [0.15, 0.2) is 11.5 Å². The Labute approximate surface area is 93.3 Å². The highest BCUT2D eigenvalue weighted by atomic mass is 35.5. The van der Waals surface area contributed by atoms with Crippen molar-refractivity contribution in [2.45, 2.75) is 18.6 Å². The second kappa shape index (κ2) is 3.29. The van der Waals surface area contributed by atoms with E-state index in [9.17, 15) is 0 Å². The monoisotopic (exact) mass is 225 g/mol. The lowest BCUT2D eigenvalue weighted by Crippen LogP contribution is -2.51. The van der Waals surface area contributed by atoms with Crippen molar-refractivity contribution in [3.05, 3.63) is 23.2 Å². The van der Waals surface area contributed by atoms with Gasteiger partial charge in [-0.3, -0.25) is 0 Å². The summed E-state index contributed by atoms with van der Waals surface area (Å²) in [5.74, 6) is 1.06. The first-order chi connectivity index (χ1) is 7.27. The molecule has 0 amide bonds. The summed E-state index contributed by atoms with van der Waals surface area (Å²) in [6.07, 6.45) is 1.99. The van der Waals surface area contributed by atoms with Crippen LogP contribution in [-0.4, -0.2) is 18.9 Å². The molecule has 80 valence electrons. The molecule has 2 heterocycles. The number of halogens is 1. The van der Waals surface area contributed by atoms with Crippen molar-refractivity contribution in [3.8, 4) is 11.5 Å². The van der Waals surface area contributed by atoms with E-state index in [0.717, 1.165) is 37.4 Å². The van der Waals surface area contributed by atoms with E-state index >= 15 is 0 Å². The number of hydrogen-bond acceptors (Lipinski definition) is 3. The van der Waals surface area contributed by atoms with E-state index in [1.807, 2.05) is 12.1 Å². The zero-order valence-electron chi connectivity index (χ0n) is 8.25. The van der Waals surface area contributed by atoms with Crippen LogP contribution in [0.5, 0.6) is 11.5 Å². The predicted molar refractivity (Wildman–Crippen MR) is 57.5 cm³/mol. The summed E-state index contributed by atoms with van der Waals surface area (Å²) in [6.45, 7) is 1.77. The SMILES string of the molecule is Clc1ccc2c(c1)OC1(CCCNC1)O2. The average molecular weight is 226 g/mol. The predicted octanol–water partition coefficient (Wildman–Crippen LogP) is 2.19. The molecule has 3 nitrogen and oxygen atoms in total. The molecule has 1 unspecified atom stereocenters. The van der Waals surface area contributed by atoms with Crippen LogP contribution in [-0.2, 0) is 0 Å². The second-order valence-corrected chi connectivity index (χ2v) is 4.42. The van der Waals surface area contributed by atoms with Crippen LogP contribution in [0.4, 0.5) is 0 Å². The number of fused-ring (bicyclic) bond motifs is 1. The molecule has 0 aliphatic carbocycles. The Hall–Kier alpha value is -0.930. The summed E-state index contributed by atoms with van der Waals surface area (Å²) in [5.41, 5.74) is 0. The van der Waals surface area contributed by atoms with Crippen LogP contribution in [0.3, 0.4) is 0 Å². The van der Waals surface area contributed by atoms with Crippen molar-refractivity contribution in [2.24, 2.45) is 0 Å². The van der Waals surface area contributed by atoms with E-state index in [1.54, 1.807) is 6.07 Å². The number of nitrogens with one attached hydrogen (secondary N) is 1. The third-order valence-electron chi connectivity index (χ3n) is 2.80. The molecule has 0 bridgehead atoms. The Bertz CT molecular complexity index is 388. The molecular weight excluding hydrogens is 214 g/mol. The largest absolute Gasteiger partial charge is 0.447 e. The topological polar surface area (TPSA) is 30.5 Å². The fraction of sp³-hybridized carbons (Fsp3) is 0.455. The van der Waals surface area contributed by atoms with Crippen molar-refractivity contribution in [2.75, 3.05) is 13.1 Å². The van der Waals surface area contributed by atoms with Gasteiger partial charge in [0.05, 0.1) is 6.54 Å². The zero-order valence-corrected chi connectivity index (χ0v) is 9.01. The fourth-order valence-electron chi connectivity index (χ4n) is 2.09. The van der Waals surface area contributed by atoms with Gasteiger partial charge in [0.1, 0.15) is 0 Å². The third kappa shape index (κ3) is 1.56. The normalized spacial score (nSPS) is 28.3. The lowest BCUT2D eigenvalue weighted by Gasteiger charge is -2.31. The molecule has 1 spiro atoms. The Kier molecular flexibility index (Phi) is 2.04. The highest BCUT2D eigenvalue weighted by Crippen LogP contribution is 2.42. The van der Waals surface area contributed by atoms with Gasteiger partial charge in [-0.25, -0.2) is 0 Å². The van der Waals surface area contributed by atoms with E-state index in [-0.39, 0.29) is 0 Å². The molecule has 2 aliphatic heterocycles. The van der Waals surface area contributed by atoms with E-state index in [0.29, 0.717) is 5.02 Å². The highest BCUT2D eigenvalue weighted by Gasteiger charge is 2.42. The van der Waals surface area contributed by atoms with Gasteiger partial charge in [-0.2, -0.15) is 0 Å². The summed E-state index contributed by atoms with van der Waals surface area (Å²) in [6, 6.07) is 5.49. The molecule has 0 radical (unpaired) electrons. The molecular formula is C11H12ClNO2. The van der Waals surface area contributed by atoms with Crippen LogP contribution < -0.4 is 14.8 Å². The molecule has 4 heteroatoms. The zero-order chi connectivity index (χ0) is 10.3. The van der Waals surface area contributed by atoms with Crippen molar-refractivity contribution in [1.82, 2.24) is 5.32 Å². The van der Waals surface area contributed by atoms with Crippen molar-refractivity contribution < 1.29 is 9.47 Å². The van der Waals surface area contributed by atoms with Crippen molar-refractivity contribution in [1.29, 1.82) is 0 Å². The fourth-order valence-corrected chi connectivity index (χ4v) is 2.25. The van der Waals surface area contributed by atoms with Crippen LogP contribution in [0.25, 0.3) is 0 Å². The maximum atomic E-state index is 5.90. The minimum absolute atomic E-state index is 0.495. The summed E-state index contributed by atoms with van der Waals surface area (Å²) >= 11 is 5.90. The highest BCUT2D eigenvalue weighted by molar-refractivity contribution is 6.30. The molecule has 3 rings (SSSR count). The number of ether oxygens (including phenoxy) is 2. The number of piperidine rings is 1. The molecule has 0 saturated carbocycles. The van der Waals surface area contributed by atoms with E-state index in [4.69, 9.17) is 21.1 Å². The Balaban J connectivity index is 1.90. The lowest BCUT2D eigenvalue weighted by molar-refractivity contribution is -0.0936. The number of hydrogen-bond donors (Lipinski definition) is 1. The molecule has 0 aromatic heterocycles. The second-order valence-electron chi connectivity index (χ2n) is 3.99. The molecule has 1 N–H and O–H groups in total. The van der Waals surface area contributed by atoms with E-state index in [1.165, 1.54) is 0 Å². The Morgan fingerprint density at radius 2 is 2.13 bits per heavy atom. The van der Waals surface area contributed by atoms with E-state index in [2.05, 4.69) is 5.32 Å². The van der Waals surface area contributed by atoms with Gasteiger partial charge in [0.25, 0.3) is 5.79 Å². The van der Waals surface area contributed by atoms with Crippen LogP contribution >= 0.6 is 11.6 Å². The first-order valence-corrected chi connectivity index (χ1v) is 5.54. The summed E-state index contributed by atoms with van der Waals surface area (Å²) < 4.78 is 11.7. The Morgan fingerprint density at radius 1 is 1.27 bits per heavy atom. The Morgan fingerprint density at radius 3 is 2.93 bits per heavy atom. The van der Waals surface area contributed by atoms with Crippen LogP contribution in [0.2, 0.25) is 5.02 Å². The number of rotatable bonds is 0. The van der Waals surface area contributed by atoms with Crippen LogP contribution in [0.15, 0.2) is 18.2 Å². The standard InChI is InChI=1S/C11H12ClNO2/c12-8-2-3-9-10(6-8)15-11(14-9)4-1-5-13-7-11/h2-3,6,13H,1,4-5,7H2. The molecule has 15 heavy (non-hydrogen) atoms. The maximum Gasteiger partial charge on any atom is 0.263 e. The first kappa shape index (κ1) is 9.31. The van der Waals surface area contributed by atoms with Gasteiger partial charge in [-0.05, 0) is 25.1 Å². The molecule has 1 atom stereocenters. The summed E-state index contributed by atoms with van der Waals surface area (Å²) in [7, 11) is 0. The van der Waals surface area contributed by atoms with Gasteiger partial charge in [-0.15, -0.1) is 0 Å². The maximum absolute atomic E-state index is 5.90. The molecule has 1 aromatic carbocycles. The van der Waals surface area contributed by atoms with Crippen LogP contribution in [0.1, 0.15) is 12.8 Å². The summed E-state index contributed by atoms with van der Waals surface area (Å²) in [5, 5.41) is 3.96. The molecule has 1 aromatic rings. The number of benzene rings is 1. The van der Waals surface area contributed by atoms with Gasteiger partial charge in [-0.1, -0.05) is 11.6 Å². The van der Waals surface area contributed by atoms with Gasteiger partial charge in [0, 0.05) is 17.5 Å². The quantitative estimate of drug-likeness (QED) is 0.734. The van der Waals surface area contributed by atoms with Gasteiger partial charge >= 0.3 is 0 Å². The molecule has 1 saturated heterocycles.